The number of morpholine rings is 1. The standard InChI is InChI=1S/C15H25FN2O5/c1-21-10-11-23-12-13(19)17-4-2-15(16,3-5-17)14(20)18-6-8-22-9-7-18/h2-12H2,1H3. The Hall–Kier alpha value is -1.25. The van der Waals surface area contributed by atoms with Gasteiger partial charge in [0, 0.05) is 46.1 Å². The largest absolute Gasteiger partial charge is 0.382 e. The molecule has 2 rings (SSSR count). The third-order valence-corrected chi connectivity index (χ3v) is 4.25. The number of hydrogen-bond donors (Lipinski definition) is 0. The van der Waals surface area contributed by atoms with E-state index in [4.69, 9.17) is 14.2 Å². The Balaban J connectivity index is 1.77. The van der Waals surface area contributed by atoms with Gasteiger partial charge in [-0.3, -0.25) is 9.59 Å². The minimum absolute atomic E-state index is 0.0347. The lowest BCUT2D eigenvalue weighted by atomic mass is 9.91. The van der Waals surface area contributed by atoms with Crippen molar-refractivity contribution < 1.29 is 28.2 Å². The minimum Gasteiger partial charge on any atom is -0.382 e. The molecular formula is C15H25FN2O5. The Morgan fingerprint density at radius 2 is 1.74 bits per heavy atom. The van der Waals surface area contributed by atoms with Gasteiger partial charge in [0.15, 0.2) is 5.67 Å². The van der Waals surface area contributed by atoms with Gasteiger partial charge in [-0.15, -0.1) is 0 Å². The Bertz CT molecular complexity index is 407. The highest BCUT2D eigenvalue weighted by molar-refractivity contribution is 5.86. The second-order valence-corrected chi connectivity index (χ2v) is 5.80. The average Bonchev–Trinajstić information content (AvgIpc) is 2.59. The molecule has 0 aromatic carbocycles. The summed E-state index contributed by atoms with van der Waals surface area (Å²) in [4.78, 5) is 27.4. The van der Waals surface area contributed by atoms with Crippen LogP contribution >= 0.6 is 0 Å². The van der Waals surface area contributed by atoms with Crippen molar-refractivity contribution in [1.82, 2.24) is 9.80 Å². The molecule has 132 valence electrons. The molecule has 0 unspecified atom stereocenters. The molecule has 2 aliphatic rings. The van der Waals surface area contributed by atoms with Crippen LogP contribution in [0.1, 0.15) is 12.8 Å². The summed E-state index contributed by atoms with van der Waals surface area (Å²) in [6.07, 6.45) is 0.0694. The number of methoxy groups -OCH3 is 1. The van der Waals surface area contributed by atoms with Crippen LogP contribution in [0.3, 0.4) is 0 Å². The summed E-state index contributed by atoms with van der Waals surface area (Å²) in [5.41, 5.74) is -1.87. The summed E-state index contributed by atoms with van der Waals surface area (Å²) in [7, 11) is 1.56. The van der Waals surface area contributed by atoms with Crippen LogP contribution in [0, 0.1) is 0 Å². The normalized spacial score (nSPS) is 21.3. The van der Waals surface area contributed by atoms with Crippen LogP contribution in [0.4, 0.5) is 4.39 Å². The van der Waals surface area contributed by atoms with Crippen molar-refractivity contribution in [1.29, 1.82) is 0 Å². The fraction of sp³-hybridized carbons (Fsp3) is 0.867. The maximum absolute atomic E-state index is 14.9. The molecule has 0 radical (unpaired) electrons. The van der Waals surface area contributed by atoms with Crippen molar-refractivity contribution >= 4 is 11.8 Å². The average molecular weight is 332 g/mol. The number of piperidine rings is 1. The minimum atomic E-state index is -1.87. The van der Waals surface area contributed by atoms with Gasteiger partial charge in [0.2, 0.25) is 5.91 Å². The fourth-order valence-electron chi connectivity index (χ4n) is 2.77. The van der Waals surface area contributed by atoms with Crippen molar-refractivity contribution in [2.45, 2.75) is 18.5 Å². The van der Waals surface area contributed by atoms with Gasteiger partial charge in [0.1, 0.15) is 6.61 Å². The van der Waals surface area contributed by atoms with E-state index in [-0.39, 0.29) is 38.4 Å². The Kier molecular flexibility index (Phi) is 6.73. The molecule has 0 spiro atoms. The number of hydrogen-bond acceptors (Lipinski definition) is 5. The lowest BCUT2D eigenvalue weighted by molar-refractivity contribution is -0.154. The number of ether oxygens (including phenoxy) is 3. The van der Waals surface area contributed by atoms with E-state index < -0.39 is 11.6 Å². The van der Waals surface area contributed by atoms with Crippen LogP contribution in [-0.4, -0.2) is 93.6 Å². The zero-order chi connectivity index (χ0) is 16.7. The summed E-state index contributed by atoms with van der Waals surface area (Å²) in [5, 5.41) is 0. The first kappa shape index (κ1) is 18.1. The molecule has 0 N–H and O–H groups in total. The molecule has 0 aromatic heterocycles. The zero-order valence-corrected chi connectivity index (χ0v) is 13.6. The molecule has 0 bridgehead atoms. The molecule has 2 amide bonds. The van der Waals surface area contributed by atoms with E-state index in [0.717, 1.165) is 0 Å². The van der Waals surface area contributed by atoms with Gasteiger partial charge in [0.25, 0.3) is 5.91 Å². The molecule has 0 aromatic rings. The third kappa shape index (κ3) is 4.86. The lowest BCUT2D eigenvalue weighted by Crippen LogP contribution is -2.55. The van der Waals surface area contributed by atoms with E-state index in [1.165, 1.54) is 4.90 Å². The van der Waals surface area contributed by atoms with E-state index in [1.807, 2.05) is 0 Å². The van der Waals surface area contributed by atoms with Gasteiger partial charge in [-0.2, -0.15) is 0 Å². The van der Waals surface area contributed by atoms with Crippen molar-refractivity contribution in [3.63, 3.8) is 0 Å². The van der Waals surface area contributed by atoms with Crippen LogP contribution in [0.15, 0.2) is 0 Å². The van der Waals surface area contributed by atoms with E-state index in [1.54, 1.807) is 12.0 Å². The molecule has 2 saturated heterocycles. The van der Waals surface area contributed by atoms with E-state index in [0.29, 0.717) is 39.5 Å². The van der Waals surface area contributed by atoms with Gasteiger partial charge in [-0.05, 0) is 0 Å². The van der Waals surface area contributed by atoms with Gasteiger partial charge < -0.3 is 24.0 Å². The number of carbonyl (C=O) groups excluding carboxylic acids is 2. The van der Waals surface area contributed by atoms with Gasteiger partial charge in [-0.1, -0.05) is 0 Å². The van der Waals surface area contributed by atoms with Crippen LogP contribution in [0.2, 0.25) is 0 Å². The van der Waals surface area contributed by atoms with Crippen LogP contribution in [-0.2, 0) is 23.8 Å². The summed E-state index contributed by atoms with van der Waals surface area (Å²) in [5.74, 6) is -0.647. The molecule has 2 fully saturated rings. The van der Waals surface area contributed by atoms with Gasteiger partial charge >= 0.3 is 0 Å². The highest BCUT2D eigenvalue weighted by atomic mass is 19.1. The number of carbonyl (C=O) groups is 2. The summed E-state index contributed by atoms with van der Waals surface area (Å²) in [6, 6.07) is 0. The van der Waals surface area contributed by atoms with Crippen LogP contribution in [0.5, 0.6) is 0 Å². The van der Waals surface area contributed by atoms with Crippen LogP contribution in [0.25, 0.3) is 0 Å². The quantitative estimate of drug-likeness (QED) is 0.632. The van der Waals surface area contributed by atoms with E-state index in [2.05, 4.69) is 0 Å². The maximum atomic E-state index is 14.9. The smallest absolute Gasteiger partial charge is 0.260 e. The predicted octanol–water partition coefficient (Wildman–Crippen LogP) is -0.161. The Morgan fingerprint density at radius 1 is 1.09 bits per heavy atom. The Morgan fingerprint density at radius 3 is 2.35 bits per heavy atom. The number of alkyl halides is 1. The molecule has 0 aliphatic carbocycles. The highest BCUT2D eigenvalue weighted by Gasteiger charge is 2.45. The molecule has 8 heteroatoms. The molecule has 7 nitrogen and oxygen atoms in total. The summed E-state index contributed by atoms with van der Waals surface area (Å²) >= 11 is 0. The third-order valence-electron chi connectivity index (χ3n) is 4.25. The second-order valence-electron chi connectivity index (χ2n) is 5.80. The molecule has 2 aliphatic heterocycles. The highest BCUT2D eigenvalue weighted by Crippen LogP contribution is 2.29. The topological polar surface area (TPSA) is 68.3 Å². The monoisotopic (exact) mass is 332 g/mol. The maximum Gasteiger partial charge on any atom is 0.260 e. The molecule has 2 heterocycles. The van der Waals surface area contributed by atoms with Crippen LogP contribution < -0.4 is 0 Å². The predicted molar refractivity (Wildman–Crippen MR) is 79.7 cm³/mol. The first-order chi connectivity index (χ1) is 11.1. The Labute approximate surface area is 135 Å². The van der Waals surface area contributed by atoms with E-state index in [9.17, 15) is 14.0 Å². The van der Waals surface area contributed by atoms with Gasteiger partial charge in [0.05, 0.1) is 26.4 Å². The fourth-order valence-corrected chi connectivity index (χ4v) is 2.77. The second kappa shape index (κ2) is 8.56. The summed E-state index contributed by atoms with van der Waals surface area (Å²) < 4.78 is 30.1. The van der Waals surface area contributed by atoms with Crippen molar-refractivity contribution in [3.8, 4) is 0 Å². The number of likely N-dealkylation sites (tertiary alicyclic amines) is 1. The van der Waals surface area contributed by atoms with Gasteiger partial charge in [-0.25, -0.2) is 4.39 Å². The molecule has 0 atom stereocenters. The number of nitrogens with zero attached hydrogens (tertiary/aromatic N) is 2. The number of halogens is 1. The molecule has 23 heavy (non-hydrogen) atoms. The first-order valence-electron chi connectivity index (χ1n) is 7.97. The number of amides is 2. The summed E-state index contributed by atoms with van der Waals surface area (Å²) in [6.45, 7) is 2.96. The van der Waals surface area contributed by atoms with Crippen molar-refractivity contribution in [2.24, 2.45) is 0 Å². The number of rotatable bonds is 6. The zero-order valence-electron chi connectivity index (χ0n) is 13.6. The van der Waals surface area contributed by atoms with E-state index >= 15 is 0 Å². The molecular weight excluding hydrogens is 307 g/mol. The van der Waals surface area contributed by atoms with Crippen molar-refractivity contribution in [2.75, 3.05) is 66.3 Å². The lowest BCUT2D eigenvalue weighted by Gasteiger charge is -2.39. The molecule has 0 saturated carbocycles. The van der Waals surface area contributed by atoms with Crippen molar-refractivity contribution in [3.05, 3.63) is 0 Å². The first-order valence-corrected chi connectivity index (χ1v) is 7.97. The SMILES string of the molecule is COCCOCC(=O)N1CCC(F)(C(=O)N2CCOCC2)CC1.